The minimum atomic E-state index is 0.813. The van der Waals surface area contributed by atoms with Crippen molar-refractivity contribution in [3.63, 3.8) is 0 Å². The van der Waals surface area contributed by atoms with E-state index >= 15 is 0 Å². The van der Waals surface area contributed by atoms with Crippen molar-refractivity contribution >= 4 is 11.0 Å². The maximum atomic E-state index is 5.96. The SMILES string of the molecule is CCCc1ccc2oc(CNC)c(CCC)c2c1. The molecule has 2 rings (SSSR count). The van der Waals surface area contributed by atoms with Crippen molar-refractivity contribution in [3.05, 3.63) is 35.1 Å². The van der Waals surface area contributed by atoms with Crippen LogP contribution >= 0.6 is 0 Å². The van der Waals surface area contributed by atoms with Crippen LogP contribution < -0.4 is 5.32 Å². The minimum absolute atomic E-state index is 0.813. The van der Waals surface area contributed by atoms with E-state index in [1.54, 1.807) is 0 Å². The topological polar surface area (TPSA) is 25.2 Å². The molecular weight excluding hydrogens is 222 g/mol. The summed E-state index contributed by atoms with van der Waals surface area (Å²) in [6.45, 7) is 5.25. The maximum absolute atomic E-state index is 5.96. The number of hydrogen-bond donors (Lipinski definition) is 1. The molecule has 0 spiro atoms. The van der Waals surface area contributed by atoms with Crippen molar-refractivity contribution in [2.45, 2.75) is 46.1 Å². The first-order chi connectivity index (χ1) is 8.80. The first kappa shape index (κ1) is 13.2. The highest BCUT2D eigenvalue weighted by Crippen LogP contribution is 2.28. The molecule has 1 N–H and O–H groups in total. The van der Waals surface area contributed by atoms with Crippen molar-refractivity contribution in [1.29, 1.82) is 0 Å². The summed E-state index contributed by atoms with van der Waals surface area (Å²) in [5.74, 6) is 1.10. The average Bonchev–Trinajstić information content (AvgIpc) is 2.69. The maximum Gasteiger partial charge on any atom is 0.134 e. The van der Waals surface area contributed by atoms with Crippen LogP contribution in [0.5, 0.6) is 0 Å². The molecule has 0 radical (unpaired) electrons. The highest BCUT2D eigenvalue weighted by atomic mass is 16.3. The van der Waals surface area contributed by atoms with Crippen molar-refractivity contribution in [2.24, 2.45) is 0 Å². The summed E-state index contributed by atoms with van der Waals surface area (Å²) >= 11 is 0. The van der Waals surface area contributed by atoms with E-state index in [1.165, 1.54) is 22.9 Å². The molecule has 0 fully saturated rings. The predicted molar refractivity (Wildman–Crippen MR) is 77.0 cm³/mol. The lowest BCUT2D eigenvalue weighted by molar-refractivity contribution is 0.523. The van der Waals surface area contributed by atoms with Crippen LogP contribution in [0.15, 0.2) is 22.6 Å². The third-order valence-electron chi connectivity index (χ3n) is 3.31. The zero-order chi connectivity index (χ0) is 13.0. The van der Waals surface area contributed by atoms with Gasteiger partial charge in [-0.15, -0.1) is 0 Å². The van der Waals surface area contributed by atoms with Crippen LogP contribution in [0.1, 0.15) is 43.6 Å². The van der Waals surface area contributed by atoms with E-state index in [4.69, 9.17) is 4.42 Å². The van der Waals surface area contributed by atoms with Crippen molar-refractivity contribution in [1.82, 2.24) is 5.32 Å². The Balaban J connectivity index is 2.48. The molecule has 0 aliphatic carbocycles. The Hall–Kier alpha value is -1.28. The van der Waals surface area contributed by atoms with Gasteiger partial charge in [0.1, 0.15) is 11.3 Å². The fourth-order valence-electron chi connectivity index (χ4n) is 2.52. The van der Waals surface area contributed by atoms with Gasteiger partial charge in [-0.2, -0.15) is 0 Å². The Morgan fingerprint density at radius 1 is 1.11 bits per heavy atom. The van der Waals surface area contributed by atoms with Gasteiger partial charge in [0.2, 0.25) is 0 Å². The smallest absolute Gasteiger partial charge is 0.134 e. The fraction of sp³-hybridized carbons (Fsp3) is 0.500. The Bertz CT molecular complexity index is 513. The molecule has 1 heterocycles. The second kappa shape index (κ2) is 6.05. The zero-order valence-electron chi connectivity index (χ0n) is 11.7. The van der Waals surface area contributed by atoms with E-state index in [0.717, 1.165) is 37.2 Å². The summed E-state index contributed by atoms with van der Waals surface area (Å²) in [5, 5.41) is 4.50. The number of rotatable bonds is 6. The summed E-state index contributed by atoms with van der Waals surface area (Å²) in [7, 11) is 1.96. The molecule has 1 aromatic carbocycles. The summed E-state index contributed by atoms with van der Waals surface area (Å²) in [6.07, 6.45) is 4.59. The molecule has 98 valence electrons. The van der Waals surface area contributed by atoms with E-state index in [2.05, 4.69) is 37.4 Å². The largest absolute Gasteiger partial charge is 0.459 e. The second-order valence-corrected chi connectivity index (χ2v) is 4.86. The average molecular weight is 245 g/mol. The summed E-state index contributed by atoms with van der Waals surface area (Å²) < 4.78 is 5.96. The third kappa shape index (κ3) is 2.59. The molecule has 0 bridgehead atoms. The molecule has 1 aromatic heterocycles. The van der Waals surface area contributed by atoms with Gasteiger partial charge in [-0.05, 0) is 37.6 Å². The Morgan fingerprint density at radius 2 is 1.89 bits per heavy atom. The third-order valence-corrected chi connectivity index (χ3v) is 3.31. The van der Waals surface area contributed by atoms with Crippen LogP contribution in [-0.2, 0) is 19.4 Å². The van der Waals surface area contributed by atoms with Gasteiger partial charge >= 0.3 is 0 Å². The number of nitrogens with one attached hydrogen (secondary N) is 1. The van der Waals surface area contributed by atoms with Gasteiger partial charge in [-0.1, -0.05) is 32.8 Å². The van der Waals surface area contributed by atoms with Gasteiger partial charge in [0.05, 0.1) is 6.54 Å². The standard InChI is InChI=1S/C16H23NO/c1-4-6-12-8-9-15-14(10-12)13(7-5-2)16(18-15)11-17-3/h8-10,17H,4-7,11H2,1-3H3. The molecule has 2 aromatic rings. The van der Waals surface area contributed by atoms with Gasteiger partial charge in [0.15, 0.2) is 0 Å². The van der Waals surface area contributed by atoms with Gasteiger partial charge in [0, 0.05) is 10.9 Å². The number of benzene rings is 1. The molecule has 0 unspecified atom stereocenters. The van der Waals surface area contributed by atoms with Crippen LogP contribution in [0.25, 0.3) is 11.0 Å². The van der Waals surface area contributed by atoms with Crippen LogP contribution in [0, 0.1) is 0 Å². The Kier molecular flexibility index (Phi) is 4.43. The van der Waals surface area contributed by atoms with Gasteiger partial charge in [-0.25, -0.2) is 0 Å². The Labute approximate surface area is 109 Å². The van der Waals surface area contributed by atoms with Crippen LogP contribution in [0.2, 0.25) is 0 Å². The van der Waals surface area contributed by atoms with E-state index in [-0.39, 0.29) is 0 Å². The molecule has 0 atom stereocenters. The molecule has 0 aliphatic rings. The Morgan fingerprint density at radius 3 is 2.56 bits per heavy atom. The van der Waals surface area contributed by atoms with Crippen molar-refractivity contribution in [2.75, 3.05) is 7.05 Å². The molecule has 0 saturated carbocycles. The monoisotopic (exact) mass is 245 g/mol. The van der Waals surface area contributed by atoms with Gasteiger partial charge in [-0.3, -0.25) is 0 Å². The molecule has 2 heteroatoms. The highest BCUT2D eigenvalue weighted by molar-refractivity contribution is 5.83. The lowest BCUT2D eigenvalue weighted by atomic mass is 10.0. The summed E-state index contributed by atoms with van der Waals surface area (Å²) in [6, 6.07) is 6.62. The summed E-state index contributed by atoms with van der Waals surface area (Å²) in [4.78, 5) is 0. The minimum Gasteiger partial charge on any atom is -0.459 e. The lowest BCUT2D eigenvalue weighted by Gasteiger charge is -2.01. The molecule has 0 amide bonds. The molecule has 2 nitrogen and oxygen atoms in total. The van der Waals surface area contributed by atoms with Gasteiger partial charge < -0.3 is 9.73 Å². The van der Waals surface area contributed by atoms with E-state index in [1.807, 2.05) is 7.05 Å². The molecule has 0 saturated heterocycles. The van der Waals surface area contributed by atoms with Crippen LogP contribution in [0.4, 0.5) is 0 Å². The zero-order valence-corrected chi connectivity index (χ0v) is 11.7. The fourth-order valence-corrected chi connectivity index (χ4v) is 2.52. The van der Waals surface area contributed by atoms with Crippen LogP contribution in [-0.4, -0.2) is 7.05 Å². The molecule has 0 aliphatic heterocycles. The normalized spacial score (nSPS) is 11.3. The number of aryl methyl sites for hydroxylation is 2. The van der Waals surface area contributed by atoms with Gasteiger partial charge in [0.25, 0.3) is 0 Å². The molecule has 18 heavy (non-hydrogen) atoms. The highest BCUT2D eigenvalue weighted by Gasteiger charge is 2.13. The number of fused-ring (bicyclic) bond motifs is 1. The predicted octanol–water partition coefficient (Wildman–Crippen LogP) is 4.06. The van der Waals surface area contributed by atoms with E-state index in [0.29, 0.717) is 0 Å². The second-order valence-electron chi connectivity index (χ2n) is 4.86. The van der Waals surface area contributed by atoms with E-state index in [9.17, 15) is 0 Å². The number of hydrogen-bond acceptors (Lipinski definition) is 2. The van der Waals surface area contributed by atoms with E-state index < -0.39 is 0 Å². The molecular formula is C16H23NO. The first-order valence-corrected chi connectivity index (χ1v) is 6.97. The number of furan rings is 1. The quantitative estimate of drug-likeness (QED) is 0.830. The first-order valence-electron chi connectivity index (χ1n) is 6.97. The van der Waals surface area contributed by atoms with Crippen LogP contribution in [0.3, 0.4) is 0 Å². The van der Waals surface area contributed by atoms with Crippen molar-refractivity contribution < 1.29 is 4.42 Å². The lowest BCUT2D eigenvalue weighted by Crippen LogP contribution is -2.05. The summed E-state index contributed by atoms with van der Waals surface area (Å²) in [5.41, 5.74) is 3.84. The van der Waals surface area contributed by atoms with Crippen molar-refractivity contribution in [3.8, 4) is 0 Å².